The minimum absolute atomic E-state index is 0.104. The molecule has 0 aliphatic rings. The molecule has 120 valence electrons. The first-order valence-electron chi connectivity index (χ1n) is 7.78. The molecule has 2 aromatic rings. The van der Waals surface area contributed by atoms with Crippen LogP contribution in [0, 0.1) is 6.92 Å². The van der Waals surface area contributed by atoms with E-state index < -0.39 is 0 Å². The topological polar surface area (TPSA) is 58.2 Å². The first-order chi connectivity index (χ1) is 11.0. The lowest BCUT2D eigenvalue weighted by Gasteiger charge is -2.12. The number of hydrogen-bond acceptors (Lipinski definition) is 2. The standard InChI is InChI=1S/C19H22N2O2/c1-4-14(3)20-18(22)15-8-6-9-16(12-15)19(23)21-17-10-5-7-13(2)11-17/h5-12,14H,4H2,1-3H3,(H,20,22)(H,21,23). The van der Waals surface area contributed by atoms with E-state index in [-0.39, 0.29) is 17.9 Å². The molecular formula is C19H22N2O2. The number of anilines is 1. The van der Waals surface area contributed by atoms with Gasteiger partial charge in [0, 0.05) is 22.9 Å². The van der Waals surface area contributed by atoms with Crippen molar-refractivity contribution in [1.29, 1.82) is 0 Å². The van der Waals surface area contributed by atoms with Gasteiger partial charge in [-0.25, -0.2) is 0 Å². The Balaban J connectivity index is 2.12. The highest BCUT2D eigenvalue weighted by atomic mass is 16.2. The fourth-order valence-electron chi connectivity index (χ4n) is 2.14. The number of carbonyl (C=O) groups excluding carboxylic acids is 2. The Kier molecular flexibility index (Phi) is 5.52. The second-order valence-corrected chi connectivity index (χ2v) is 5.69. The lowest BCUT2D eigenvalue weighted by Crippen LogP contribution is -2.32. The zero-order valence-corrected chi connectivity index (χ0v) is 13.7. The van der Waals surface area contributed by atoms with E-state index in [1.165, 1.54) is 0 Å². The third-order valence-electron chi connectivity index (χ3n) is 3.65. The van der Waals surface area contributed by atoms with Crippen LogP contribution in [0.25, 0.3) is 0 Å². The van der Waals surface area contributed by atoms with Gasteiger partial charge in [0.2, 0.25) is 0 Å². The largest absolute Gasteiger partial charge is 0.350 e. The molecule has 2 N–H and O–H groups in total. The van der Waals surface area contributed by atoms with Crippen LogP contribution in [0.2, 0.25) is 0 Å². The molecule has 23 heavy (non-hydrogen) atoms. The van der Waals surface area contributed by atoms with Gasteiger partial charge in [0.1, 0.15) is 0 Å². The van der Waals surface area contributed by atoms with Crippen molar-refractivity contribution in [3.05, 3.63) is 65.2 Å². The van der Waals surface area contributed by atoms with E-state index in [4.69, 9.17) is 0 Å². The summed E-state index contributed by atoms with van der Waals surface area (Å²) in [5.41, 5.74) is 2.76. The Bertz CT molecular complexity index is 710. The van der Waals surface area contributed by atoms with E-state index in [0.717, 1.165) is 17.7 Å². The second kappa shape index (κ2) is 7.58. The fraction of sp³-hybridized carbons (Fsp3) is 0.263. The molecule has 0 heterocycles. The minimum Gasteiger partial charge on any atom is -0.350 e. The molecule has 0 bridgehead atoms. The van der Waals surface area contributed by atoms with Crippen LogP contribution in [0.15, 0.2) is 48.5 Å². The van der Waals surface area contributed by atoms with E-state index in [2.05, 4.69) is 10.6 Å². The van der Waals surface area contributed by atoms with Gasteiger partial charge in [-0.3, -0.25) is 9.59 Å². The van der Waals surface area contributed by atoms with E-state index >= 15 is 0 Å². The van der Waals surface area contributed by atoms with Gasteiger partial charge in [-0.15, -0.1) is 0 Å². The molecule has 0 saturated carbocycles. The molecule has 0 aliphatic carbocycles. The van der Waals surface area contributed by atoms with Gasteiger partial charge >= 0.3 is 0 Å². The highest BCUT2D eigenvalue weighted by molar-refractivity contribution is 6.06. The summed E-state index contributed by atoms with van der Waals surface area (Å²) < 4.78 is 0. The van der Waals surface area contributed by atoms with Gasteiger partial charge in [0.25, 0.3) is 11.8 Å². The summed E-state index contributed by atoms with van der Waals surface area (Å²) in [6.07, 6.45) is 0.860. The number of rotatable bonds is 5. The van der Waals surface area contributed by atoms with Crippen LogP contribution in [-0.4, -0.2) is 17.9 Å². The molecule has 0 fully saturated rings. The second-order valence-electron chi connectivity index (χ2n) is 5.69. The molecule has 4 nitrogen and oxygen atoms in total. The molecule has 0 radical (unpaired) electrons. The molecular weight excluding hydrogens is 288 g/mol. The van der Waals surface area contributed by atoms with Crippen LogP contribution >= 0.6 is 0 Å². The zero-order chi connectivity index (χ0) is 16.8. The molecule has 2 aromatic carbocycles. The number of carbonyl (C=O) groups is 2. The van der Waals surface area contributed by atoms with Gasteiger partial charge in [-0.05, 0) is 56.2 Å². The van der Waals surface area contributed by atoms with Crippen molar-refractivity contribution in [2.24, 2.45) is 0 Å². The SMILES string of the molecule is CCC(C)NC(=O)c1cccc(C(=O)Nc2cccc(C)c2)c1. The summed E-state index contributed by atoms with van der Waals surface area (Å²) in [5, 5.41) is 5.74. The zero-order valence-electron chi connectivity index (χ0n) is 13.7. The first kappa shape index (κ1) is 16.7. The molecule has 4 heteroatoms. The van der Waals surface area contributed by atoms with Gasteiger partial charge in [0.05, 0.1) is 0 Å². The smallest absolute Gasteiger partial charge is 0.255 e. The maximum absolute atomic E-state index is 12.3. The average molecular weight is 310 g/mol. The Morgan fingerprint density at radius 3 is 2.30 bits per heavy atom. The summed E-state index contributed by atoms with van der Waals surface area (Å²) in [5.74, 6) is -0.390. The van der Waals surface area contributed by atoms with E-state index in [9.17, 15) is 9.59 Å². The predicted molar refractivity (Wildman–Crippen MR) is 92.8 cm³/mol. The van der Waals surface area contributed by atoms with Crippen molar-refractivity contribution < 1.29 is 9.59 Å². The molecule has 2 amide bonds. The maximum Gasteiger partial charge on any atom is 0.255 e. The number of hydrogen-bond donors (Lipinski definition) is 2. The predicted octanol–water partition coefficient (Wildman–Crippen LogP) is 3.78. The molecule has 0 saturated heterocycles. The fourth-order valence-corrected chi connectivity index (χ4v) is 2.14. The molecule has 0 aromatic heterocycles. The monoisotopic (exact) mass is 310 g/mol. The molecule has 1 unspecified atom stereocenters. The van der Waals surface area contributed by atoms with Crippen LogP contribution in [-0.2, 0) is 0 Å². The van der Waals surface area contributed by atoms with Crippen LogP contribution in [0.5, 0.6) is 0 Å². The molecule has 2 rings (SSSR count). The average Bonchev–Trinajstić information content (AvgIpc) is 2.54. The number of aryl methyl sites for hydroxylation is 1. The molecule has 0 aliphatic heterocycles. The highest BCUT2D eigenvalue weighted by Crippen LogP contribution is 2.13. The van der Waals surface area contributed by atoms with Gasteiger partial charge < -0.3 is 10.6 Å². The van der Waals surface area contributed by atoms with Crippen LogP contribution in [0.4, 0.5) is 5.69 Å². The Morgan fingerprint density at radius 2 is 1.65 bits per heavy atom. The Morgan fingerprint density at radius 1 is 1.00 bits per heavy atom. The van der Waals surface area contributed by atoms with Crippen molar-refractivity contribution >= 4 is 17.5 Å². The van der Waals surface area contributed by atoms with Gasteiger partial charge in [-0.2, -0.15) is 0 Å². The lowest BCUT2D eigenvalue weighted by molar-refractivity contribution is 0.0939. The number of nitrogens with one attached hydrogen (secondary N) is 2. The van der Waals surface area contributed by atoms with E-state index in [1.807, 2.05) is 45.0 Å². The molecule has 1 atom stereocenters. The van der Waals surface area contributed by atoms with Crippen molar-refractivity contribution in [1.82, 2.24) is 5.32 Å². The summed E-state index contributed by atoms with van der Waals surface area (Å²) in [6, 6.07) is 14.4. The van der Waals surface area contributed by atoms with E-state index in [1.54, 1.807) is 24.3 Å². The van der Waals surface area contributed by atoms with Crippen molar-refractivity contribution in [2.75, 3.05) is 5.32 Å². The lowest BCUT2D eigenvalue weighted by atomic mass is 10.1. The minimum atomic E-state index is -0.228. The molecule has 0 spiro atoms. The summed E-state index contributed by atoms with van der Waals surface area (Å²) >= 11 is 0. The number of benzene rings is 2. The summed E-state index contributed by atoms with van der Waals surface area (Å²) in [7, 11) is 0. The quantitative estimate of drug-likeness (QED) is 0.883. The normalized spacial score (nSPS) is 11.6. The van der Waals surface area contributed by atoms with Crippen molar-refractivity contribution in [3.8, 4) is 0 Å². The van der Waals surface area contributed by atoms with Crippen LogP contribution < -0.4 is 10.6 Å². The summed E-state index contributed by atoms with van der Waals surface area (Å²) in [4.78, 5) is 24.5. The van der Waals surface area contributed by atoms with Gasteiger partial charge in [0.15, 0.2) is 0 Å². The first-order valence-corrected chi connectivity index (χ1v) is 7.78. The van der Waals surface area contributed by atoms with Crippen molar-refractivity contribution in [2.45, 2.75) is 33.2 Å². The number of amides is 2. The Hall–Kier alpha value is -2.62. The van der Waals surface area contributed by atoms with Crippen LogP contribution in [0.3, 0.4) is 0 Å². The highest BCUT2D eigenvalue weighted by Gasteiger charge is 2.12. The summed E-state index contributed by atoms with van der Waals surface area (Å²) in [6.45, 7) is 5.93. The van der Waals surface area contributed by atoms with Gasteiger partial charge in [-0.1, -0.05) is 25.1 Å². The van der Waals surface area contributed by atoms with Crippen LogP contribution in [0.1, 0.15) is 46.5 Å². The Labute approximate surface area is 136 Å². The van der Waals surface area contributed by atoms with Crippen molar-refractivity contribution in [3.63, 3.8) is 0 Å². The van der Waals surface area contributed by atoms with E-state index in [0.29, 0.717) is 11.1 Å². The third-order valence-corrected chi connectivity index (χ3v) is 3.65. The maximum atomic E-state index is 12.3. The third kappa shape index (κ3) is 4.68.